The minimum atomic E-state index is -1.25. The van der Waals surface area contributed by atoms with Gasteiger partial charge < -0.3 is 10.4 Å². The molecule has 2 rings (SSSR count). The second kappa shape index (κ2) is 12.9. The largest absolute Gasteiger partial charge is 0.480 e. The van der Waals surface area contributed by atoms with Crippen molar-refractivity contribution in [2.45, 2.75) is 13.1 Å². The second-order valence-corrected chi connectivity index (χ2v) is 7.19. The fraction of sp³-hybridized carbons (Fsp3) is 0.273. The lowest BCUT2D eigenvalue weighted by Gasteiger charge is -2.25. The van der Waals surface area contributed by atoms with Gasteiger partial charge in [-0.3, -0.25) is 34.5 Å². The molecule has 0 aliphatic carbocycles. The van der Waals surface area contributed by atoms with E-state index in [4.69, 9.17) is 5.11 Å². The number of hydroxylamine groups is 4. The van der Waals surface area contributed by atoms with E-state index in [1.54, 1.807) is 60.7 Å². The summed E-state index contributed by atoms with van der Waals surface area (Å²) in [5.41, 5.74) is 1.33. The van der Waals surface area contributed by atoms with Crippen LogP contribution in [0.1, 0.15) is 11.1 Å². The normalized spacial score (nSPS) is 10.5. The van der Waals surface area contributed by atoms with Gasteiger partial charge in [-0.05, 0) is 11.1 Å². The maximum absolute atomic E-state index is 12.5. The van der Waals surface area contributed by atoms with E-state index >= 15 is 0 Å². The first-order chi connectivity index (χ1) is 15.7. The molecule has 0 aromatic heterocycles. The van der Waals surface area contributed by atoms with Gasteiger partial charge in [0.05, 0.1) is 32.7 Å². The molecule has 0 bridgehead atoms. The van der Waals surface area contributed by atoms with Crippen LogP contribution in [0.3, 0.4) is 0 Å². The van der Waals surface area contributed by atoms with E-state index in [1.807, 2.05) is 0 Å². The van der Waals surface area contributed by atoms with Crippen molar-refractivity contribution in [3.8, 4) is 0 Å². The summed E-state index contributed by atoms with van der Waals surface area (Å²) in [5.74, 6) is -3.57. The molecule has 3 amide bonds. The average Bonchev–Trinajstić information content (AvgIpc) is 2.78. The van der Waals surface area contributed by atoms with Crippen molar-refractivity contribution in [1.29, 1.82) is 0 Å². The zero-order valence-electron chi connectivity index (χ0n) is 17.8. The molecule has 0 saturated carbocycles. The van der Waals surface area contributed by atoms with Crippen LogP contribution >= 0.6 is 0 Å². The zero-order valence-corrected chi connectivity index (χ0v) is 17.8. The summed E-state index contributed by atoms with van der Waals surface area (Å²) in [6.07, 6.45) is 0. The summed E-state index contributed by atoms with van der Waals surface area (Å²) in [6.45, 7) is -2.37. The topological polar surface area (TPSA) is 151 Å². The molecule has 0 spiro atoms. The van der Waals surface area contributed by atoms with Crippen LogP contribution in [0, 0.1) is 0 Å². The van der Waals surface area contributed by atoms with Gasteiger partial charge in [0, 0.05) is 0 Å². The van der Waals surface area contributed by atoms with E-state index in [0.29, 0.717) is 21.3 Å². The van der Waals surface area contributed by atoms with Gasteiger partial charge in [-0.15, -0.1) is 0 Å². The number of nitrogens with one attached hydrogen (secondary N) is 1. The molecule has 0 unspecified atom stereocenters. The first-order valence-corrected chi connectivity index (χ1v) is 10.0. The van der Waals surface area contributed by atoms with Crippen LogP contribution < -0.4 is 5.32 Å². The standard InChI is InChI=1S/C22H26N4O7/c27-19(23-11-22(30)31)14-24(15-20(28)25(32)12-17-7-3-1-4-8-17)16-21(29)26(33)13-18-9-5-2-6-10-18/h1-10,32-33H,11-16H2,(H,23,27)(H,30,31). The number of carboxylic acid groups (broad SMARTS) is 1. The van der Waals surface area contributed by atoms with Gasteiger partial charge in [-0.25, -0.2) is 10.1 Å². The smallest absolute Gasteiger partial charge is 0.322 e. The van der Waals surface area contributed by atoms with E-state index in [9.17, 15) is 29.6 Å². The van der Waals surface area contributed by atoms with Crippen LogP contribution in [0.25, 0.3) is 0 Å². The third-order valence-electron chi connectivity index (χ3n) is 4.45. The predicted octanol–water partition coefficient (Wildman–Crippen LogP) is 0.325. The monoisotopic (exact) mass is 458 g/mol. The molecule has 33 heavy (non-hydrogen) atoms. The fourth-order valence-electron chi connectivity index (χ4n) is 2.84. The number of nitrogens with zero attached hydrogens (tertiary/aromatic N) is 3. The molecule has 0 aliphatic heterocycles. The summed E-state index contributed by atoms with van der Waals surface area (Å²) in [6, 6.07) is 17.4. The maximum Gasteiger partial charge on any atom is 0.322 e. The Labute approximate surface area is 190 Å². The molecule has 0 heterocycles. The highest BCUT2D eigenvalue weighted by atomic mass is 16.5. The van der Waals surface area contributed by atoms with Crippen molar-refractivity contribution in [2.75, 3.05) is 26.2 Å². The first-order valence-electron chi connectivity index (χ1n) is 10.0. The van der Waals surface area contributed by atoms with Crippen molar-refractivity contribution in [1.82, 2.24) is 20.3 Å². The Bertz CT molecular complexity index is 879. The van der Waals surface area contributed by atoms with E-state index in [1.165, 1.54) is 0 Å². The molecule has 0 saturated heterocycles. The fourth-order valence-corrected chi connectivity index (χ4v) is 2.84. The van der Waals surface area contributed by atoms with Gasteiger partial charge in [-0.1, -0.05) is 60.7 Å². The van der Waals surface area contributed by atoms with E-state index in [-0.39, 0.29) is 13.1 Å². The summed E-state index contributed by atoms with van der Waals surface area (Å²) in [5, 5.41) is 32.0. The Kier molecular flexibility index (Phi) is 9.96. The summed E-state index contributed by atoms with van der Waals surface area (Å²) >= 11 is 0. The molecule has 0 atom stereocenters. The highest BCUT2D eigenvalue weighted by Crippen LogP contribution is 2.06. The lowest BCUT2D eigenvalue weighted by atomic mass is 10.2. The number of amides is 3. The number of carbonyl (C=O) groups excluding carboxylic acids is 3. The molecule has 2 aromatic rings. The van der Waals surface area contributed by atoms with Crippen molar-refractivity contribution >= 4 is 23.7 Å². The van der Waals surface area contributed by atoms with Gasteiger partial charge in [0.15, 0.2) is 0 Å². The molecular formula is C22H26N4O7. The maximum atomic E-state index is 12.5. The van der Waals surface area contributed by atoms with Crippen LogP contribution in [0.2, 0.25) is 0 Å². The molecular weight excluding hydrogens is 432 g/mol. The summed E-state index contributed by atoms with van der Waals surface area (Å²) < 4.78 is 0. The molecule has 4 N–H and O–H groups in total. The van der Waals surface area contributed by atoms with Crippen molar-refractivity contribution < 1.29 is 34.7 Å². The Morgan fingerprint density at radius 3 is 1.52 bits per heavy atom. The highest BCUT2D eigenvalue weighted by Gasteiger charge is 2.23. The quantitative estimate of drug-likeness (QED) is 0.262. The van der Waals surface area contributed by atoms with Crippen molar-refractivity contribution in [3.63, 3.8) is 0 Å². The number of carboxylic acids is 1. The minimum absolute atomic E-state index is 0.104. The third kappa shape index (κ3) is 9.47. The van der Waals surface area contributed by atoms with Gasteiger partial charge in [0.2, 0.25) is 5.91 Å². The lowest BCUT2D eigenvalue weighted by Crippen LogP contribution is -2.48. The number of carbonyl (C=O) groups is 4. The molecule has 0 radical (unpaired) electrons. The minimum Gasteiger partial charge on any atom is -0.480 e. The van der Waals surface area contributed by atoms with Crippen LogP contribution in [0.15, 0.2) is 60.7 Å². The Morgan fingerprint density at radius 2 is 1.12 bits per heavy atom. The number of aliphatic carboxylic acids is 1. The van der Waals surface area contributed by atoms with Crippen LogP contribution in [0.4, 0.5) is 0 Å². The van der Waals surface area contributed by atoms with Crippen molar-refractivity contribution in [2.24, 2.45) is 0 Å². The molecule has 11 heteroatoms. The van der Waals surface area contributed by atoms with Crippen molar-refractivity contribution in [3.05, 3.63) is 71.8 Å². The SMILES string of the molecule is O=C(O)CNC(=O)CN(CC(=O)N(O)Cc1ccccc1)CC(=O)N(O)Cc1ccccc1. The number of hydrogen-bond donors (Lipinski definition) is 4. The molecule has 176 valence electrons. The number of rotatable bonds is 12. The number of benzene rings is 2. The van der Waals surface area contributed by atoms with Crippen LogP contribution in [-0.4, -0.2) is 80.4 Å². The zero-order chi connectivity index (χ0) is 24.2. The van der Waals surface area contributed by atoms with Crippen LogP contribution in [0.5, 0.6) is 0 Å². The lowest BCUT2D eigenvalue weighted by molar-refractivity contribution is -0.173. The Morgan fingerprint density at radius 1 is 0.697 bits per heavy atom. The highest BCUT2D eigenvalue weighted by molar-refractivity contribution is 5.85. The van der Waals surface area contributed by atoms with Gasteiger partial charge in [-0.2, -0.15) is 0 Å². The second-order valence-electron chi connectivity index (χ2n) is 7.19. The van der Waals surface area contributed by atoms with E-state index in [2.05, 4.69) is 5.32 Å². The average molecular weight is 458 g/mol. The third-order valence-corrected chi connectivity index (χ3v) is 4.45. The van der Waals surface area contributed by atoms with E-state index < -0.39 is 49.9 Å². The van der Waals surface area contributed by atoms with Gasteiger partial charge >= 0.3 is 5.97 Å². The van der Waals surface area contributed by atoms with E-state index in [0.717, 1.165) is 4.90 Å². The summed E-state index contributed by atoms with van der Waals surface area (Å²) in [4.78, 5) is 48.7. The van der Waals surface area contributed by atoms with Gasteiger partial charge in [0.25, 0.3) is 11.8 Å². The molecule has 11 nitrogen and oxygen atoms in total. The Hall–Kier alpha value is -3.80. The first kappa shape index (κ1) is 25.5. The molecule has 0 fully saturated rings. The summed E-state index contributed by atoms with van der Waals surface area (Å²) in [7, 11) is 0. The molecule has 2 aromatic carbocycles. The predicted molar refractivity (Wildman–Crippen MR) is 115 cm³/mol. The molecule has 0 aliphatic rings. The number of hydrogen-bond acceptors (Lipinski definition) is 7. The van der Waals surface area contributed by atoms with Crippen LogP contribution in [-0.2, 0) is 32.3 Å². The Balaban J connectivity index is 2.01. The van der Waals surface area contributed by atoms with Gasteiger partial charge in [0.1, 0.15) is 6.54 Å².